The zero-order valence-corrected chi connectivity index (χ0v) is 12.5. The molecule has 2 saturated carbocycles. The first kappa shape index (κ1) is 14.0. The summed E-state index contributed by atoms with van der Waals surface area (Å²) in [7, 11) is -3.27. The van der Waals surface area contributed by atoms with Gasteiger partial charge in [-0.3, -0.25) is 0 Å². The van der Waals surface area contributed by atoms with Gasteiger partial charge in [-0.2, -0.15) is 0 Å². The van der Waals surface area contributed by atoms with Gasteiger partial charge in [0.15, 0.2) is 0 Å². The highest BCUT2D eigenvalue weighted by Gasteiger charge is 2.53. The largest absolute Gasteiger partial charge is 0.326 e. The molecule has 0 aromatic heterocycles. The molecular formula is C15H22N2O2S. The van der Waals surface area contributed by atoms with Gasteiger partial charge < -0.3 is 5.73 Å². The van der Waals surface area contributed by atoms with Gasteiger partial charge >= 0.3 is 0 Å². The SMILES string of the molecule is NCc1ccccc1CS(=O)(=O)NCC1(C2CC2)CC1. The number of hydrogen-bond donors (Lipinski definition) is 2. The van der Waals surface area contributed by atoms with Crippen LogP contribution in [0.4, 0.5) is 0 Å². The number of hydrogen-bond acceptors (Lipinski definition) is 3. The molecule has 0 saturated heterocycles. The summed E-state index contributed by atoms with van der Waals surface area (Å²) in [5, 5.41) is 0. The second-order valence-electron chi connectivity index (χ2n) is 6.19. The zero-order valence-electron chi connectivity index (χ0n) is 11.6. The van der Waals surface area contributed by atoms with Crippen LogP contribution in [-0.2, 0) is 22.3 Å². The Morgan fingerprint density at radius 1 is 1.20 bits per heavy atom. The molecule has 0 unspecified atom stereocenters. The summed E-state index contributed by atoms with van der Waals surface area (Å²) in [4.78, 5) is 0. The molecule has 20 heavy (non-hydrogen) atoms. The predicted octanol–water partition coefficient (Wildman–Crippen LogP) is 1.75. The van der Waals surface area contributed by atoms with Gasteiger partial charge in [0.1, 0.15) is 0 Å². The highest BCUT2D eigenvalue weighted by molar-refractivity contribution is 7.88. The lowest BCUT2D eigenvalue weighted by atomic mass is 10.0. The summed E-state index contributed by atoms with van der Waals surface area (Å²) in [6.07, 6.45) is 4.91. The minimum absolute atomic E-state index is 0.0289. The Kier molecular flexibility index (Phi) is 3.60. The molecule has 0 amide bonds. The van der Waals surface area contributed by atoms with Gasteiger partial charge in [-0.15, -0.1) is 0 Å². The minimum atomic E-state index is -3.27. The van der Waals surface area contributed by atoms with Crippen LogP contribution in [-0.4, -0.2) is 15.0 Å². The van der Waals surface area contributed by atoms with Crippen molar-refractivity contribution in [3.8, 4) is 0 Å². The first-order chi connectivity index (χ1) is 9.55. The average molecular weight is 294 g/mol. The average Bonchev–Trinajstić information content (AvgIpc) is 3.28. The second kappa shape index (κ2) is 5.13. The van der Waals surface area contributed by atoms with Crippen LogP contribution in [0.5, 0.6) is 0 Å². The van der Waals surface area contributed by atoms with E-state index in [4.69, 9.17) is 5.73 Å². The van der Waals surface area contributed by atoms with Crippen molar-refractivity contribution in [3.63, 3.8) is 0 Å². The first-order valence-electron chi connectivity index (χ1n) is 7.29. The summed E-state index contributed by atoms with van der Waals surface area (Å²) in [5.74, 6) is 0.794. The van der Waals surface area contributed by atoms with Crippen LogP contribution in [0.25, 0.3) is 0 Å². The fourth-order valence-corrected chi connectivity index (χ4v) is 4.29. The lowest BCUT2D eigenvalue weighted by molar-refractivity contribution is 0.431. The Hall–Kier alpha value is -0.910. The van der Waals surface area contributed by atoms with E-state index in [2.05, 4.69) is 4.72 Å². The van der Waals surface area contributed by atoms with E-state index >= 15 is 0 Å². The topological polar surface area (TPSA) is 72.2 Å². The third-order valence-corrected chi connectivity index (χ3v) is 5.94. The highest BCUT2D eigenvalue weighted by atomic mass is 32.2. The van der Waals surface area contributed by atoms with Crippen LogP contribution in [0.15, 0.2) is 24.3 Å². The van der Waals surface area contributed by atoms with E-state index in [1.54, 1.807) is 0 Å². The van der Waals surface area contributed by atoms with E-state index < -0.39 is 10.0 Å². The Labute approximate surface area is 120 Å². The van der Waals surface area contributed by atoms with Gasteiger partial charge in [-0.25, -0.2) is 13.1 Å². The van der Waals surface area contributed by atoms with Gasteiger partial charge in [-0.05, 0) is 48.1 Å². The van der Waals surface area contributed by atoms with E-state index in [0.29, 0.717) is 18.5 Å². The molecule has 0 atom stereocenters. The van der Waals surface area contributed by atoms with Crippen LogP contribution in [0.3, 0.4) is 0 Å². The molecule has 2 aliphatic rings. The molecule has 110 valence electrons. The fourth-order valence-electron chi connectivity index (χ4n) is 2.99. The van der Waals surface area contributed by atoms with Gasteiger partial charge in [0.25, 0.3) is 0 Å². The number of nitrogens with two attached hydrogens (primary N) is 1. The van der Waals surface area contributed by atoms with Crippen LogP contribution in [0.2, 0.25) is 0 Å². The molecule has 4 nitrogen and oxygen atoms in total. The fraction of sp³-hybridized carbons (Fsp3) is 0.600. The van der Waals surface area contributed by atoms with Crippen molar-refractivity contribution in [2.45, 2.75) is 38.0 Å². The summed E-state index contributed by atoms with van der Waals surface area (Å²) < 4.78 is 27.3. The third-order valence-electron chi connectivity index (χ3n) is 4.66. The second-order valence-corrected chi connectivity index (χ2v) is 8.00. The van der Waals surface area contributed by atoms with Crippen molar-refractivity contribution < 1.29 is 8.42 Å². The van der Waals surface area contributed by atoms with E-state index in [-0.39, 0.29) is 5.75 Å². The summed E-state index contributed by atoms with van der Waals surface area (Å²) in [5.41, 5.74) is 7.66. The lowest BCUT2D eigenvalue weighted by Crippen LogP contribution is -2.32. The molecule has 0 radical (unpaired) electrons. The maximum absolute atomic E-state index is 12.2. The van der Waals surface area contributed by atoms with Crippen molar-refractivity contribution in [1.29, 1.82) is 0 Å². The molecule has 0 aliphatic heterocycles. The monoisotopic (exact) mass is 294 g/mol. The standard InChI is InChI=1S/C15H22N2O2S/c16-9-12-3-1-2-4-13(12)10-20(18,19)17-11-15(7-8-15)14-5-6-14/h1-4,14,17H,5-11,16H2. The quantitative estimate of drug-likeness (QED) is 0.805. The van der Waals surface area contributed by atoms with Crippen molar-refractivity contribution in [2.75, 3.05) is 6.54 Å². The Bertz CT molecular complexity index is 590. The van der Waals surface area contributed by atoms with E-state index in [1.807, 2.05) is 24.3 Å². The molecule has 3 N–H and O–H groups in total. The number of benzene rings is 1. The van der Waals surface area contributed by atoms with Gasteiger partial charge in [-0.1, -0.05) is 24.3 Å². The molecule has 5 heteroatoms. The summed E-state index contributed by atoms with van der Waals surface area (Å²) in [6, 6.07) is 7.47. The van der Waals surface area contributed by atoms with Gasteiger partial charge in [0.05, 0.1) is 5.75 Å². The van der Waals surface area contributed by atoms with E-state index in [9.17, 15) is 8.42 Å². The van der Waals surface area contributed by atoms with Crippen molar-refractivity contribution in [1.82, 2.24) is 4.72 Å². The highest BCUT2D eigenvalue weighted by Crippen LogP contribution is 2.60. The predicted molar refractivity (Wildman–Crippen MR) is 79.4 cm³/mol. The lowest BCUT2D eigenvalue weighted by Gasteiger charge is -2.16. The Balaban J connectivity index is 1.63. The Morgan fingerprint density at radius 3 is 2.40 bits per heavy atom. The van der Waals surface area contributed by atoms with Crippen molar-refractivity contribution in [2.24, 2.45) is 17.1 Å². The molecule has 0 spiro atoms. The number of nitrogens with one attached hydrogen (secondary N) is 1. The van der Waals surface area contributed by atoms with Crippen LogP contribution < -0.4 is 10.5 Å². The van der Waals surface area contributed by atoms with Gasteiger partial charge in [0, 0.05) is 13.1 Å². The summed E-state index contributed by atoms with van der Waals surface area (Å²) >= 11 is 0. The van der Waals surface area contributed by atoms with Crippen LogP contribution in [0, 0.1) is 11.3 Å². The minimum Gasteiger partial charge on any atom is -0.326 e. The smallest absolute Gasteiger partial charge is 0.215 e. The van der Waals surface area contributed by atoms with Crippen LogP contribution >= 0.6 is 0 Å². The Morgan fingerprint density at radius 2 is 1.85 bits per heavy atom. The van der Waals surface area contributed by atoms with Crippen LogP contribution in [0.1, 0.15) is 36.8 Å². The van der Waals surface area contributed by atoms with Gasteiger partial charge in [0.2, 0.25) is 10.0 Å². The molecule has 2 fully saturated rings. The summed E-state index contributed by atoms with van der Waals surface area (Å²) in [6.45, 7) is 0.989. The molecule has 1 aromatic rings. The maximum Gasteiger partial charge on any atom is 0.215 e. The molecular weight excluding hydrogens is 272 g/mol. The number of rotatable bonds is 7. The molecule has 1 aromatic carbocycles. The number of sulfonamides is 1. The first-order valence-corrected chi connectivity index (χ1v) is 8.94. The third kappa shape index (κ3) is 3.05. The molecule has 0 heterocycles. The van der Waals surface area contributed by atoms with Crippen molar-refractivity contribution >= 4 is 10.0 Å². The molecule has 2 aliphatic carbocycles. The molecule has 3 rings (SSSR count). The van der Waals surface area contributed by atoms with E-state index in [1.165, 1.54) is 25.7 Å². The maximum atomic E-state index is 12.2. The molecule has 0 bridgehead atoms. The van der Waals surface area contributed by atoms with Crippen molar-refractivity contribution in [3.05, 3.63) is 35.4 Å². The zero-order chi connectivity index (χ0) is 14.2. The normalized spacial score (nSPS) is 20.9. The van der Waals surface area contributed by atoms with E-state index in [0.717, 1.165) is 17.0 Å².